The Hall–Kier alpha value is -1.67. The van der Waals surface area contributed by atoms with Crippen molar-refractivity contribution in [2.45, 2.75) is 25.3 Å². The van der Waals surface area contributed by atoms with Crippen molar-refractivity contribution in [1.29, 1.82) is 0 Å². The second kappa shape index (κ2) is 10.3. The van der Waals surface area contributed by atoms with Gasteiger partial charge in [0.05, 0.1) is 13.7 Å². The lowest BCUT2D eigenvalue weighted by molar-refractivity contribution is -0.141. The minimum Gasteiger partial charge on any atom is -0.468 e. The number of ether oxygens (including phenoxy) is 1. The molecule has 0 aromatic carbocycles. The Bertz CT molecular complexity index is 309. The van der Waals surface area contributed by atoms with Gasteiger partial charge in [0.1, 0.15) is 12.6 Å². The van der Waals surface area contributed by atoms with Crippen molar-refractivity contribution in [1.82, 2.24) is 10.6 Å². The molecule has 2 amide bonds. The number of amides is 2. The van der Waals surface area contributed by atoms with Crippen LogP contribution in [-0.4, -0.2) is 50.6 Å². The average molecular weight is 274 g/mol. The molecule has 8 nitrogen and oxygen atoms in total. The zero-order valence-corrected chi connectivity index (χ0v) is 11.1. The fraction of sp³-hybridized carbons (Fsp3) is 0.727. The zero-order chi connectivity index (χ0) is 14.7. The zero-order valence-electron chi connectivity index (χ0n) is 11.1. The van der Waals surface area contributed by atoms with Gasteiger partial charge in [-0.1, -0.05) is 0 Å². The maximum absolute atomic E-state index is 11.8. The summed E-state index contributed by atoms with van der Waals surface area (Å²) in [4.78, 5) is 33.9. The fourth-order valence-electron chi connectivity index (χ4n) is 1.37. The van der Waals surface area contributed by atoms with E-state index in [0.29, 0.717) is 19.4 Å². The molecule has 0 heterocycles. The second-order valence-electron chi connectivity index (χ2n) is 3.90. The van der Waals surface area contributed by atoms with Gasteiger partial charge in [-0.25, -0.2) is 0 Å². The van der Waals surface area contributed by atoms with Crippen molar-refractivity contribution < 1.29 is 19.1 Å². The van der Waals surface area contributed by atoms with E-state index in [4.69, 9.17) is 11.5 Å². The van der Waals surface area contributed by atoms with E-state index in [2.05, 4.69) is 15.4 Å². The molecule has 0 aromatic rings. The molecule has 0 radical (unpaired) electrons. The lowest BCUT2D eigenvalue weighted by atomic mass is 10.1. The average Bonchev–Trinajstić information content (AvgIpc) is 2.43. The van der Waals surface area contributed by atoms with E-state index in [9.17, 15) is 14.4 Å². The molecule has 0 aliphatic carbocycles. The van der Waals surface area contributed by atoms with E-state index in [1.165, 1.54) is 7.11 Å². The number of hydrogen-bond acceptors (Lipinski definition) is 6. The highest BCUT2D eigenvalue weighted by atomic mass is 16.5. The number of esters is 1. The van der Waals surface area contributed by atoms with E-state index in [1.807, 2.05) is 0 Å². The third kappa shape index (κ3) is 8.11. The fourth-order valence-corrected chi connectivity index (χ4v) is 1.37. The lowest BCUT2D eigenvalue weighted by Gasteiger charge is -2.17. The van der Waals surface area contributed by atoms with Crippen LogP contribution in [0.4, 0.5) is 0 Å². The molecule has 0 saturated carbocycles. The highest BCUT2D eigenvalue weighted by Crippen LogP contribution is 2.00. The molecule has 0 saturated heterocycles. The van der Waals surface area contributed by atoms with Crippen molar-refractivity contribution in [2.24, 2.45) is 11.5 Å². The molecule has 0 aromatic heterocycles. The van der Waals surface area contributed by atoms with Gasteiger partial charge in [-0.2, -0.15) is 0 Å². The van der Waals surface area contributed by atoms with Gasteiger partial charge in [-0.15, -0.1) is 0 Å². The summed E-state index contributed by atoms with van der Waals surface area (Å²) in [6.07, 6.45) is 1.88. The van der Waals surface area contributed by atoms with Gasteiger partial charge < -0.3 is 26.8 Å². The van der Waals surface area contributed by atoms with Crippen molar-refractivity contribution >= 4 is 17.8 Å². The van der Waals surface area contributed by atoms with Gasteiger partial charge in [0.2, 0.25) is 11.8 Å². The number of nitrogens with two attached hydrogens (primary N) is 2. The van der Waals surface area contributed by atoms with Crippen LogP contribution in [0.2, 0.25) is 0 Å². The molecule has 6 N–H and O–H groups in total. The SMILES string of the molecule is COC(=O)CNC(=O)[C@H](CCCCN)NC(=O)CN. The van der Waals surface area contributed by atoms with Crippen LogP contribution >= 0.6 is 0 Å². The summed E-state index contributed by atoms with van der Waals surface area (Å²) in [6, 6.07) is -0.716. The van der Waals surface area contributed by atoms with E-state index < -0.39 is 23.8 Å². The van der Waals surface area contributed by atoms with Gasteiger partial charge in [0.25, 0.3) is 0 Å². The van der Waals surface area contributed by atoms with Gasteiger partial charge in [0, 0.05) is 0 Å². The standard InChI is InChI=1S/C11H22N4O4/c1-19-10(17)7-14-11(18)8(4-2-3-5-12)15-9(16)6-13/h8H,2-7,12-13H2,1H3,(H,14,18)(H,15,16)/t8-/m0/s1. The van der Waals surface area contributed by atoms with Gasteiger partial charge in [-0.3, -0.25) is 14.4 Å². The summed E-state index contributed by atoms with van der Waals surface area (Å²) in [5.41, 5.74) is 10.5. The van der Waals surface area contributed by atoms with E-state index in [-0.39, 0.29) is 13.1 Å². The lowest BCUT2D eigenvalue weighted by Crippen LogP contribution is -2.49. The minimum absolute atomic E-state index is 0.197. The summed E-state index contributed by atoms with van der Waals surface area (Å²) in [7, 11) is 1.23. The predicted octanol–water partition coefficient (Wildman–Crippen LogP) is -2.15. The summed E-state index contributed by atoms with van der Waals surface area (Å²) in [6.45, 7) is 0.0836. The van der Waals surface area contributed by atoms with Crippen LogP contribution in [0.15, 0.2) is 0 Å². The van der Waals surface area contributed by atoms with Crippen LogP contribution in [0.25, 0.3) is 0 Å². The van der Waals surface area contributed by atoms with Gasteiger partial charge >= 0.3 is 5.97 Å². The number of rotatable bonds is 9. The van der Waals surface area contributed by atoms with Crippen molar-refractivity contribution in [3.63, 3.8) is 0 Å². The normalized spacial score (nSPS) is 11.5. The molecule has 0 aliphatic heterocycles. The van der Waals surface area contributed by atoms with Crippen LogP contribution in [0.1, 0.15) is 19.3 Å². The Balaban J connectivity index is 4.31. The van der Waals surface area contributed by atoms with E-state index in [0.717, 1.165) is 6.42 Å². The molecular formula is C11H22N4O4. The van der Waals surface area contributed by atoms with Crippen LogP contribution in [0, 0.1) is 0 Å². The molecule has 0 rings (SSSR count). The second-order valence-corrected chi connectivity index (χ2v) is 3.90. The number of carbonyl (C=O) groups excluding carboxylic acids is 3. The summed E-state index contributed by atoms with van der Waals surface area (Å²) < 4.78 is 4.40. The molecule has 0 fully saturated rings. The first-order valence-corrected chi connectivity index (χ1v) is 6.09. The topological polar surface area (TPSA) is 137 Å². The molecule has 8 heteroatoms. The molecular weight excluding hydrogens is 252 g/mol. The smallest absolute Gasteiger partial charge is 0.325 e. The predicted molar refractivity (Wildman–Crippen MR) is 68.9 cm³/mol. The number of unbranched alkanes of at least 4 members (excludes halogenated alkanes) is 1. The van der Waals surface area contributed by atoms with Crippen LogP contribution in [-0.2, 0) is 19.1 Å². The number of hydrogen-bond donors (Lipinski definition) is 4. The molecule has 1 atom stereocenters. The number of nitrogens with one attached hydrogen (secondary N) is 2. The van der Waals surface area contributed by atoms with E-state index in [1.54, 1.807) is 0 Å². The summed E-state index contributed by atoms with van der Waals surface area (Å²) >= 11 is 0. The van der Waals surface area contributed by atoms with E-state index >= 15 is 0 Å². The Morgan fingerprint density at radius 3 is 2.42 bits per heavy atom. The molecule has 110 valence electrons. The molecule has 0 spiro atoms. The first-order chi connectivity index (χ1) is 9.04. The first-order valence-electron chi connectivity index (χ1n) is 6.09. The third-order valence-electron chi connectivity index (χ3n) is 2.42. The van der Waals surface area contributed by atoms with Gasteiger partial charge in [0.15, 0.2) is 0 Å². The van der Waals surface area contributed by atoms with Crippen LogP contribution in [0.5, 0.6) is 0 Å². The Kier molecular flexibility index (Phi) is 9.37. The van der Waals surface area contributed by atoms with Crippen LogP contribution < -0.4 is 22.1 Å². The minimum atomic E-state index is -0.716. The Labute approximate surface area is 112 Å². The maximum atomic E-state index is 11.8. The number of methoxy groups -OCH3 is 1. The van der Waals surface area contributed by atoms with Gasteiger partial charge in [-0.05, 0) is 25.8 Å². The van der Waals surface area contributed by atoms with Crippen molar-refractivity contribution in [3.8, 4) is 0 Å². The number of carbonyl (C=O) groups is 3. The molecule has 0 unspecified atom stereocenters. The van der Waals surface area contributed by atoms with Crippen LogP contribution in [0.3, 0.4) is 0 Å². The third-order valence-corrected chi connectivity index (χ3v) is 2.42. The highest BCUT2D eigenvalue weighted by molar-refractivity contribution is 5.89. The quantitative estimate of drug-likeness (QED) is 0.279. The molecule has 0 bridgehead atoms. The summed E-state index contributed by atoms with van der Waals surface area (Å²) in [5.74, 6) is -1.42. The molecule has 0 aliphatic rings. The van der Waals surface area contributed by atoms with Crippen molar-refractivity contribution in [2.75, 3.05) is 26.7 Å². The Morgan fingerprint density at radius 1 is 1.21 bits per heavy atom. The maximum Gasteiger partial charge on any atom is 0.325 e. The Morgan fingerprint density at radius 2 is 1.89 bits per heavy atom. The largest absolute Gasteiger partial charge is 0.468 e. The summed E-state index contributed by atoms with van der Waals surface area (Å²) in [5, 5.41) is 4.89. The molecule has 19 heavy (non-hydrogen) atoms. The monoisotopic (exact) mass is 274 g/mol. The highest BCUT2D eigenvalue weighted by Gasteiger charge is 2.20. The first kappa shape index (κ1) is 17.3. The van der Waals surface area contributed by atoms with Crippen molar-refractivity contribution in [3.05, 3.63) is 0 Å².